The Labute approximate surface area is 84.4 Å². The van der Waals surface area contributed by atoms with E-state index in [9.17, 15) is 0 Å². The molecule has 0 radical (unpaired) electrons. The molecular formula is C11H15N3. The van der Waals surface area contributed by atoms with E-state index in [2.05, 4.69) is 42.9 Å². The van der Waals surface area contributed by atoms with Crippen molar-refractivity contribution in [2.24, 2.45) is 5.11 Å². The molecule has 0 aliphatic rings. The lowest BCUT2D eigenvalue weighted by molar-refractivity contribution is 0.942. The molecule has 1 aromatic carbocycles. The van der Waals surface area contributed by atoms with Gasteiger partial charge in [0.2, 0.25) is 0 Å². The minimum Gasteiger partial charge on any atom is -0.0936 e. The summed E-state index contributed by atoms with van der Waals surface area (Å²) in [5.74, 6) is 0. The molecule has 0 spiro atoms. The number of rotatable bonds is 3. The summed E-state index contributed by atoms with van der Waals surface area (Å²) < 4.78 is 0. The molecule has 3 nitrogen and oxygen atoms in total. The molecule has 14 heavy (non-hydrogen) atoms. The number of aryl methyl sites for hydroxylation is 3. The molecule has 0 amide bonds. The van der Waals surface area contributed by atoms with Crippen molar-refractivity contribution in [3.05, 3.63) is 44.8 Å². The summed E-state index contributed by atoms with van der Waals surface area (Å²) in [6, 6.07) is 4.36. The van der Waals surface area contributed by atoms with Crippen LogP contribution in [0.3, 0.4) is 0 Å². The van der Waals surface area contributed by atoms with Gasteiger partial charge in [-0.2, -0.15) is 0 Å². The minimum atomic E-state index is 0.542. The normalized spacial score (nSPS) is 9.64. The van der Waals surface area contributed by atoms with Gasteiger partial charge in [-0.3, -0.25) is 0 Å². The number of nitrogens with zero attached hydrogens (tertiary/aromatic N) is 3. The van der Waals surface area contributed by atoms with Crippen LogP contribution in [0.1, 0.15) is 22.3 Å². The quantitative estimate of drug-likeness (QED) is 0.397. The van der Waals surface area contributed by atoms with Crippen LogP contribution in [0, 0.1) is 20.8 Å². The first kappa shape index (κ1) is 10.6. The van der Waals surface area contributed by atoms with Gasteiger partial charge in [-0.1, -0.05) is 17.2 Å². The zero-order valence-electron chi connectivity index (χ0n) is 8.91. The molecule has 0 aliphatic heterocycles. The molecule has 0 aliphatic carbocycles. The summed E-state index contributed by atoms with van der Waals surface area (Å²) in [5, 5.41) is 3.54. The Morgan fingerprint density at radius 1 is 1.14 bits per heavy atom. The molecule has 0 aromatic heterocycles. The Hall–Kier alpha value is -1.47. The summed E-state index contributed by atoms with van der Waals surface area (Å²) in [6.45, 7) is 6.85. The summed E-state index contributed by atoms with van der Waals surface area (Å²) in [4.78, 5) is 2.75. The Balaban J connectivity index is 2.86. The van der Waals surface area contributed by atoms with Crippen molar-refractivity contribution in [1.29, 1.82) is 0 Å². The summed E-state index contributed by atoms with van der Waals surface area (Å²) in [5.41, 5.74) is 13.3. The zero-order chi connectivity index (χ0) is 10.6. The number of azide groups is 1. The fourth-order valence-electron chi connectivity index (χ4n) is 1.50. The second-order valence-corrected chi connectivity index (χ2v) is 3.57. The Bertz CT molecular complexity index is 376. The highest BCUT2D eigenvalue weighted by atomic mass is 15.1. The van der Waals surface area contributed by atoms with Gasteiger partial charge in [0.05, 0.1) is 0 Å². The van der Waals surface area contributed by atoms with Crippen LogP contribution in [-0.2, 0) is 6.42 Å². The maximum atomic E-state index is 8.17. The summed E-state index contributed by atoms with van der Waals surface area (Å²) in [6.07, 6.45) is 0.830. The fraction of sp³-hybridized carbons (Fsp3) is 0.455. The van der Waals surface area contributed by atoms with E-state index in [0.717, 1.165) is 6.42 Å². The van der Waals surface area contributed by atoms with E-state index in [4.69, 9.17) is 5.53 Å². The van der Waals surface area contributed by atoms with Crippen LogP contribution in [0.2, 0.25) is 0 Å². The average molecular weight is 189 g/mol. The van der Waals surface area contributed by atoms with Crippen LogP contribution in [0.5, 0.6) is 0 Å². The van der Waals surface area contributed by atoms with Gasteiger partial charge in [0.1, 0.15) is 0 Å². The van der Waals surface area contributed by atoms with Crippen LogP contribution >= 0.6 is 0 Å². The van der Waals surface area contributed by atoms with E-state index in [-0.39, 0.29) is 0 Å². The van der Waals surface area contributed by atoms with Crippen LogP contribution in [0.25, 0.3) is 10.4 Å². The van der Waals surface area contributed by atoms with Gasteiger partial charge in [-0.05, 0) is 55.0 Å². The number of benzene rings is 1. The number of hydrogen-bond donors (Lipinski definition) is 0. The topological polar surface area (TPSA) is 48.8 Å². The van der Waals surface area contributed by atoms with Crippen molar-refractivity contribution >= 4 is 0 Å². The third-order valence-electron chi connectivity index (χ3n) is 2.50. The van der Waals surface area contributed by atoms with Crippen LogP contribution in [0.4, 0.5) is 0 Å². The van der Waals surface area contributed by atoms with Gasteiger partial charge in [0.25, 0.3) is 0 Å². The molecule has 0 heterocycles. The molecule has 0 N–H and O–H groups in total. The van der Waals surface area contributed by atoms with Gasteiger partial charge in [0, 0.05) is 11.5 Å². The lowest BCUT2D eigenvalue weighted by Crippen LogP contribution is -1.95. The molecule has 0 unspecified atom stereocenters. The van der Waals surface area contributed by atoms with E-state index in [1.165, 1.54) is 22.3 Å². The monoisotopic (exact) mass is 189 g/mol. The molecular weight excluding hydrogens is 174 g/mol. The molecule has 0 saturated carbocycles. The van der Waals surface area contributed by atoms with Crippen molar-refractivity contribution in [3.63, 3.8) is 0 Å². The smallest absolute Gasteiger partial charge is 0.0298 e. The zero-order valence-corrected chi connectivity index (χ0v) is 8.91. The Morgan fingerprint density at radius 3 is 2.43 bits per heavy atom. The van der Waals surface area contributed by atoms with Crippen molar-refractivity contribution in [1.82, 2.24) is 0 Å². The highest BCUT2D eigenvalue weighted by molar-refractivity contribution is 5.36. The van der Waals surface area contributed by atoms with Crippen LogP contribution in [-0.4, -0.2) is 6.54 Å². The van der Waals surface area contributed by atoms with Gasteiger partial charge in [-0.15, -0.1) is 0 Å². The van der Waals surface area contributed by atoms with E-state index >= 15 is 0 Å². The number of hydrogen-bond acceptors (Lipinski definition) is 1. The molecule has 3 heteroatoms. The molecule has 74 valence electrons. The van der Waals surface area contributed by atoms with Gasteiger partial charge in [0.15, 0.2) is 0 Å². The Kier molecular flexibility index (Phi) is 3.55. The fourth-order valence-corrected chi connectivity index (χ4v) is 1.50. The predicted octanol–water partition coefficient (Wildman–Crippen LogP) is 3.46. The van der Waals surface area contributed by atoms with Gasteiger partial charge in [-0.25, -0.2) is 0 Å². The lowest BCUT2D eigenvalue weighted by atomic mass is 9.99. The van der Waals surface area contributed by atoms with Crippen molar-refractivity contribution in [3.8, 4) is 0 Å². The largest absolute Gasteiger partial charge is 0.0936 e. The van der Waals surface area contributed by atoms with Crippen LogP contribution in [0.15, 0.2) is 17.2 Å². The maximum absolute atomic E-state index is 8.17. The first-order valence-corrected chi connectivity index (χ1v) is 4.72. The second kappa shape index (κ2) is 4.68. The SMILES string of the molecule is Cc1cc(C)c(CCN=[N+]=[N-])cc1C. The minimum absolute atomic E-state index is 0.542. The lowest BCUT2D eigenvalue weighted by Gasteiger charge is -2.08. The van der Waals surface area contributed by atoms with Gasteiger partial charge < -0.3 is 0 Å². The van der Waals surface area contributed by atoms with E-state index < -0.39 is 0 Å². The van der Waals surface area contributed by atoms with E-state index in [0.29, 0.717) is 6.54 Å². The highest BCUT2D eigenvalue weighted by Gasteiger charge is 2.00. The average Bonchev–Trinajstić information content (AvgIpc) is 2.14. The Morgan fingerprint density at radius 2 is 1.79 bits per heavy atom. The maximum Gasteiger partial charge on any atom is 0.0298 e. The first-order chi connectivity index (χ1) is 6.65. The molecule has 0 saturated heterocycles. The van der Waals surface area contributed by atoms with Crippen LogP contribution < -0.4 is 0 Å². The molecule has 1 aromatic rings. The van der Waals surface area contributed by atoms with E-state index in [1.54, 1.807) is 0 Å². The van der Waals surface area contributed by atoms with Crippen molar-refractivity contribution < 1.29 is 0 Å². The summed E-state index contributed by atoms with van der Waals surface area (Å²) in [7, 11) is 0. The third-order valence-corrected chi connectivity index (χ3v) is 2.50. The molecule has 1 rings (SSSR count). The molecule has 0 atom stereocenters. The van der Waals surface area contributed by atoms with Gasteiger partial charge >= 0.3 is 0 Å². The van der Waals surface area contributed by atoms with Crippen molar-refractivity contribution in [2.45, 2.75) is 27.2 Å². The standard InChI is InChI=1S/C11H15N3/c1-8-6-10(3)11(7-9(8)2)4-5-13-14-12/h6-7H,4-5H2,1-3H3. The van der Waals surface area contributed by atoms with E-state index in [1.807, 2.05) is 0 Å². The molecule has 0 bridgehead atoms. The predicted molar refractivity (Wildman–Crippen MR) is 58.4 cm³/mol. The summed E-state index contributed by atoms with van der Waals surface area (Å²) >= 11 is 0. The highest BCUT2D eigenvalue weighted by Crippen LogP contribution is 2.15. The molecule has 0 fully saturated rings. The first-order valence-electron chi connectivity index (χ1n) is 4.72. The third kappa shape index (κ3) is 2.51. The van der Waals surface area contributed by atoms with Crippen molar-refractivity contribution in [2.75, 3.05) is 6.54 Å². The second-order valence-electron chi connectivity index (χ2n) is 3.57.